The highest BCUT2D eigenvalue weighted by Crippen LogP contribution is 2.37. The summed E-state index contributed by atoms with van der Waals surface area (Å²) in [5.41, 5.74) is 6.45. The van der Waals surface area contributed by atoms with Gasteiger partial charge in [-0.3, -0.25) is 15.0 Å². The minimum atomic E-state index is -0.714. The summed E-state index contributed by atoms with van der Waals surface area (Å²) in [6, 6.07) is 11.5. The highest BCUT2D eigenvalue weighted by atomic mass is 35.5. The summed E-state index contributed by atoms with van der Waals surface area (Å²) in [5.74, 6) is -1.65. The quantitative estimate of drug-likeness (QED) is 0.172. The fourth-order valence-electron chi connectivity index (χ4n) is 6.24. The SMILES string of the molecule is Cc1ccnc(-c2nc3cc(F)cc(F)c3c(Cl)c2C)c1.Cc1ccnc(-c2nc3cc(F)cc(F)c3c(Nc3cncc(N4CCOCC4)n3)c2C)c1. The van der Waals surface area contributed by atoms with Crippen molar-refractivity contribution in [2.45, 2.75) is 27.7 Å². The zero-order valence-corrected chi connectivity index (χ0v) is 30.4. The van der Waals surface area contributed by atoms with Crippen molar-refractivity contribution in [3.05, 3.63) is 124 Å². The van der Waals surface area contributed by atoms with Crippen molar-refractivity contribution in [1.29, 1.82) is 0 Å². The summed E-state index contributed by atoms with van der Waals surface area (Å²) >= 11 is 6.25. The van der Waals surface area contributed by atoms with E-state index in [0.29, 0.717) is 77.5 Å². The van der Waals surface area contributed by atoms with Crippen LogP contribution in [0.3, 0.4) is 0 Å². The van der Waals surface area contributed by atoms with Gasteiger partial charge in [0.05, 0.1) is 80.9 Å². The number of fused-ring (bicyclic) bond motifs is 2. The average Bonchev–Trinajstić information content (AvgIpc) is 3.14. The van der Waals surface area contributed by atoms with Crippen molar-refractivity contribution in [2.75, 3.05) is 36.5 Å². The first kappa shape index (κ1) is 36.6. The van der Waals surface area contributed by atoms with Gasteiger partial charge in [-0.25, -0.2) is 32.5 Å². The molecule has 6 heterocycles. The largest absolute Gasteiger partial charge is 0.378 e. The first-order valence-corrected chi connectivity index (χ1v) is 17.4. The van der Waals surface area contributed by atoms with Gasteiger partial charge in [0.15, 0.2) is 5.82 Å². The number of nitrogens with zero attached hydrogens (tertiary/aromatic N) is 7. The van der Waals surface area contributed by atoms with Crippen LogP contribution in [0.1, 0.15) is 22.3 Å². The Kier molecular flexibility index (Phi) is 10.3. The van der Waals surface area contributed by atoms with E-state index in [2.05, 4.69) is 40.1 Å². The molecule has 5 aromatic heterocycles. The molecular formula is C40H33ClF4N8O. The number of nitrogens with one attached hydrogen (secondary N) is 1. The number of hydrogen-bond acceptors (Lipinski definition) is 9. The van der Waals surface area contributed by atoms with Gasteiger partial charge >= 0.3 is 0 Å². The molecule has 0 aliphatic carbocycles. The van der Waals surface area contributed by atoms with Crippen LogP contribution in [-0.4, -0.2) is 56.2 Å². The predicted octanol–water partition coefficient (Wildman–Crippen LogP) is 9.41. The number of benzene rings is 2. The molecular weight excluding hydrogens is 720 g/mol. The van der Waals surface area contributed by atoms with Gasteiger partial charge in [0.2, 0.25) is 0 Å². The van der Waals surface area contributed by atoms with Crippen LogP contribution in [0.25, 0.3) is 44.6 Å². The number of hydrogen-bond donors (Lipinski definition) is 1. The van der Waals surface area contributed by atoms with Crippen LogP contribution in [0.2, 0.25) is 5.02 Å². The van der Waals surface area contributed by atoms with E-state index in [0.717, 1.165) is 23.3 Å². The maximum Gasteiger partial charge on any atom is 0.151 e. The number of rotatable bonds is 5. The standard InChI is InChI=1S/C24H22F2N6O.C16H11ClF2N2/c1-14-3-4-28-19(9-14)23-15(2)24(22-17(26)10-16(25)11-18(22)29-23)31-20-12-27-13-21(30-20)32-5-7-33-8-6-32;1-8-3-4-20-13(5-8)16-9(2)15(17)14-11(19)6-10(18)7-12(14)21-16/h3-4,9-13H,5-8H2,1-2H3,(H,29,30,31);3-7H,1-2H3. The molecule has 1 aliphatic rings. The number of ether oxygens (including phenoxy) is 1. The second kappa shape index (κ2) is 15.3. The molecule has 2 aromatic carbocycles. The molecule has 0 unspecified atom stereocenters. The third kappa shape index (κ3) is 7.50. The van der Waals surface area contributed by atoms with E-state index in [-0.39, 0.29) is 26.8 Å². The van der Waals surface area contributed by atoms with Gasteiger partial charge in [-0.1, -0.05) is 11.6 Å². The summed E-state index contributed by atoms with van der Waals surface area (Å²) in [6.45, 7) is 10.1. The van der Waals surface area contributed by atoms with Crippen LogP contribution >= 0.6 is 11.6 Å². The number of halogens is 5. The van der Waals surface area contributed by atoms with E-state index in [1.54, 1.807) is 31.7 Å². The number of anilines is 3. The molecule has 14 heteroatoms. The fraction of sp³-hybridized carbons (Fsp3) is 0.200. The molecule has 1 aliphatic heterocycles. The Hall–Kier alpha value is -5.79. The molecule has 1 saturated heterocycles. The van der Waals surface area contributed by atoms with Crippen LogP contribution in [-0.2, 0) is 4.74 Å². The Labute approximate surface area is 313 Å². The van der Waals surface area contributed by atoms with Gasteiger partial charge < -0.3 is 15.0 Å². The molecule has 9 nitrogen and oxygen atoms in total. The highest BCUT2D eigenvalue weighted by Gasteiger charge is 2.21. The number of pyridine rings is 4. The molecule has 54 heavy (non-hydrogen) atoms. The van der Waals surface area contributed by atoms with Crippen molar-refractivity contribution >= 4 is 50.7 Å². The minimum Gasteiger partial charge on any atom is -0.378 e. The van der Waals surface area contributed by atoms with Gasteiger partial charge in [0.1, 0.15) is 29.1 Å². The summed E-state index contributed by atoms with van der Waals surface area (Å²) in [7, 11) is 0. The maximum absolute atomic E-state index is 15.0. The lowest BCUT2D eigenvalue weighted by Crippen LogP contribution is -2.36. The third-order valence-electron chi connectivity index (χ3n) is 8.94. The smallest absolute Gasteiger partial charge is 0.151 e. The van der Waals surface area contributed by atoms with Crippen LogP contribution in [0.5, 0.6) is 0 Å². The number of aromatic nitrogens is 6. The Morgan fingerprint density at radius 1 is 0.685 bits per heavy atom. The van der Waals surface area contributed by atoms with E-state index >= 15 is 0 Å². The summed E-state index contributed by atoms with van der Waals surface area (Å²) in [4.78, 5) is 28.6. The normalized spacial score (nSPS) is 12.9. The van der Waals surface area contributed by atoms with E-state index in [4.69, 9.17) is 16.3 Å². The molecule has 0 spiro atoms. The first-order valence-electron chi connectivity index (χ1n) is 17.0. The zero-order chi connectivity index (χ0) is 38.1. The molecule has 1 fully saturated rings. The Bertz CT molecular complexity index is 2550. The molecule has 274 valence electrons. The van der Waals surface area contributed by atoms with Crippen LogP contribution in [0.15, 0.2) is 73.3 Å². The van der Waals surface area contributed by atoms with Crippen LogP contribution in [0.4, 0.5) is 34.9 Å². The average molecular weight is 753 g/mol. The predicted molar refractivity (Wildman–Crippen MR) is 202 cm³/mol. The molecule has 0 atom stereocenters. The van der Waals surface area contributed by atoms with E-state index in [9.17, 15) is 17.6 Å². The summed E-state index contributed by atoms with van der Waals surface area (Å²) in [5, 5.41) is 3.77. The Morgan fingerprint density at radius 2 is 1.24 bits per heavy atom. The van der Waals surface area contributed by atoms with E-state index < -0.39 is 23.3 Å². The van der Waals surface area contributed by atoms with Crippen molar-refractivity contribution in [3.63, 3.8) is 0 Å². The second-order valence-corrected chi connectivity index (χ2v) is 13.2. The lowest BCUT2D eigenvalue weighted by Gasteiger charge is -2.27. The Balaban J connectivity index is 0.000000184. The van der Waals surface area contributed by atoms with E-state index in [1.807, 2.05) is 45.0 Å². The molecule has 8 rings (SSSR count). The zero-order valence-electron chi connectivity index (χ0n) is 29.7. The lowest BCUT2D eigenvalue weighted by molar-refractivity contribution is 0.122. The van der Waals surface area contributed by atoms with E-state index in [1.165, 1.54) is 12.1 Å². The highest BCUT2D eigenvalue weighted by molar-refractivity contribution is 6.36. The number of aryl methyl sites for hydroxylation is 2. The molecule has 0 radical (unpaired) electrons. The lowest BCUT2D eigenvalue weighted by atomic mass is 10.0. The van der Waals surface area contributed by atoms with Crippen molar-refractivity contribution < 1.29 is 22.3 Å². The van der Waals surface area contributed by atoms with Gasteiger partial charge in [0.25, 0.3) is 0 Å². The van der Waals surface area contributed by atoms with Crippen molar-refractivity contribution in [3.8, 4) is 22.8 Å². The second-order valence-electron chi connectivity index (χ2n) is 12.8. The monoisotopic (exact) mass is 752 g/mol. The van der Waals surface area contributed by atoms with Gasteiger partial charge in [-0.2, -0.15) is 0 Å². The van der Waals surface area contributed by atoms with Gasteiger partial charge in [0, 0.05) is 55.3 Å². The fourth-order valence-corrected chi connectivity index (χ4v) is 6.52. The van der Waals surface area contributed by atoms with Crippen LogP contribution in [0, 0.1) is 51.0 Å². The van der Waals surface area contributed by atoms with Crippen molar-refractivity contribution in [1.82, 2.24) is 29.9 Å². The van der Waals surface area contributed by atoms with Gasteiger partial charge in [-0.05, 0) is 68.7 Å². The van der Waals surface area contributed by atoms with Crippen molar-refractivity contribution in [2.24, 2.45) is 0 Å². The number of morpholine rings is 1. The topological polar surface area (TPSA) is 102 Å². The third-order valence-corrected chi connectivity index (χ3v) is 9.42. The Morgan fingerprint density at radius 3 is 1.83 bits per heavy atom. The molecule has 0 bridgehead atoms. The van der Waals surface area contributed by atoms with Gasteiger partial charge in [-0.15, -0.1) is 0 Å². The van der Waals surface area contributed by atoms with Crippen LogP contribution < -0.4 is 10.2 Å². The first-order chi connectivity index (χ1) is 26.0. The molecule has 0 amide bonds. The molecule has 1 N–H and O–H groups in total. The summed E-state index contributed by atoms with van der Waals surface area (Å²) < 4.78 is 61.7. The summed E-state index contributed by atoms with van der Waals surface area (Å²) in [6.07, 6.45) is 6.61. The molecule has 0 saturated carbocycles. The minimum absolute atomic E-state index is 0.131. The molecule has 7 aromatic rings. The maximum atomic E-state index is 15.0.